The summed E-state index contributed by atoms with van der Waals surface area (Å²) < 4.78 is 27.0. The minimum atomic E-state index is -3.92. The minimum Gasteiger partial charge on any atom is -0.481 e. The number of sulfonamides is 1. The predicted octanol–water partition coefficient (Wildman–Crippen LogP) is 2.64. The number of nitrogens with zero attached hydrogens (tertiary/aromatic N) is 1. The zero-order chi connectivity index (χ0) is 17.0. The molecule has 0 aliphatic rings. The second kappa shape index (κ2) is 6.69. The van der Waals surface area contributed by atoms with Crippen molar-refractivity contribution in [3.05, 3.63) is 58.6 Å². The van der Waals surface area contributed by atoms with Gasteiger partial charge in [0.15, 0.2) is 0 Å². The number of nitriles is 1. The molecule has 8 heteroatoms. The molecule has 0 spiro atoms. The van der Waals surface area contributed by atoms with Crippen molar-refractivity contribution in [2.45, 2.75) is 11.3 Å². The van der Waals surface area contributed by atoms with Crippen molar-refractivity contribution in [1.82, 2.24) is 0 Å². The Morgan fingerprint density at radius 3 is 2.65 bits per heavy atom. The first-order valence-corrected chi connectivity index (χ1v) is 8.21. The van der Waals surface area contributed by atoms with Gasteiger partial charge in [0.2, 0.25) is 0 Å². The van der Waals surface area contributed by atoms with Gasteiger partial charge in [-0.25, -0.2) is 8.42 Å². The number of rotatable bonds is 5. The Kier molecular flexibility index (Phi) is 4.89. The Labute approximate surface area is 138 Å². The number of hydrogen-bond acceptors (Lipinski definition) is 4. The van der Waals surface area contributed by atoms with Crippen LogP contribution in [-0.4, -0.2) is 19.5 Å². The molecule has 2 aromatic rings. The Balaban J connectivity index is 2.32. The largest absolute Gasteiger partial charge is 0.481 e. The molecule has 0 amide bonds. The van der Waals surface area contributed by atoms with Crippen LogP contribution in [-0.2, 0) is 21.2 Å². The van der Waals surface area contributed by atoms with E-state index in [2.05, 4.69) is 4.72 Å². The number of carboxylic acids is 1. The van der Waals surface area contributed by atoms with E-state index in [1.54, 1.807) is 12.1 Å². The average Bonchev–Trinajstić information content (AvgIpc) is 2.46. The van der Waals surface area contributed by atoms with E-state index in [9.17, 15) is 13.2 Å². The maximum atomic E-state index is 12.3. The van der Waals surface area contributed by atoms with Crippen LogP contribution < -0.4 is 4.72 Å². The van der Waals surface area contributed by atoms with Crippen molar-refractivity contribution in [2.75, 3.05) is 4.72 Å². The minimum absolute atomic E-state index is 0.0502. The van der Waals surface area contributed by atoms with Gasteiger partial charge in [0.05, 0.1) is 21.9 Å². The third-order valence-corrected chi connectivity index (χ3v) is 4.61. The number of aliphatic carboxylic acids is 1. The molecule has 0 aliphatic carbocycles. The van der Waals surface area contributed by atoms with Crippen molar-refractivity contribution in [3.63, 3.8) is 0 Å². The summed E-state index contributed by atoms with van der Waals surface area (Å²) in [6, 6.07) is 11.7. The van der Waals surface area contributed by atoms with Gasteiger partial charge in [-0.2, -0.15) is 5.26 Å². The zero-order valence-corrected chi connectivity index (χ0v) is 13.2. The number of carboxylic acid groups (broad SMARTS) is 1. The fourth-order valence-electron chi connectivity index (χ4n) is 1.89. The quantitative estimate of drug-likeness (QED) is 0.861. The highest BCUT2D eigenvalue weighted by Gasteiger charge is 2.16. The van der Waals surface area contributed by atoms with E-state index in [-0.39, 0.29) is 27.6 Å². The lowest BCUT2D eigenvalue weighted by atomic mass is 10.1. The molecule has 0 heterocycles. The normalized spacial score (nSPS) is 10.8. The molecule has 0 aliphatic heterocycles. The molecule has 0 unspecified atom stereocenters. The number of carbonyl (C=O) groups is 1. The van der Waals surface area contributed by atoms with Crippen LogP contribution in [0, 0.1) is 11.3 Å². The maximum Gasteiger partial charge on any atom is 0.307 e. The summed E-state index contributed by atoms with van der Waals surface area (Å²) in [6.07, 6.45) is -0.213. The SMILES string of the molecule is N#Cc1cc(S(=O)(=O)Nc2cccc(CC(=O)O)c2)ccc1Cl. The topological polar surface area (TPSA) is 107 Å². The van der Waals surface area contributed by atoms with E-state index in [1.807, 2.05) is 6.07 Å². The highest BCUT2D eigenvalue weighted by atomic mass is 35.5. The Morgan fingerprint density at radius 1 is 1.26 bits per heavy atom. The van der Waals surface area contributed by atoms with Gasteiger partial charge in [-0.3, -0.25) is 9.52 Å². The first-order valence-electron chi connectivity index (χ1n) is 6.35. The van der Waals surface area contributed by atoms with Gasteiger partial charge in [-0.05, 0) is 35.9 Å². The second-order valence-corrected chi connectivity index (χ2v) is 6.72. The molecule has 0 fully saturated rings. The van der Waals surface area contributed by atoms with E-state index >= 15 is 0 Å². The van der Waals surface area contributed by atoms with Gasteiger partial charge in [0.1, 0.15) is 6.07 Å². The summed E-state index contributed by atoms with van der Waals surface area (Å²) >= 11 is 5.78. The summed E-state index contributed by atoms with van der Waals surface area (Å²) in [5.74, 6) is -1.01. The summed E-state index contributed by atoms with van der Waals surface area (Å²) in [6.45, 7) is 0. The summed E-state index contributed by atoms with van der Waals surface area (Å²) in [4.78, 5) is 10.6. The maximum absolute atomic E-state index is 12.3. The monoisotopic (exact) mass is 350 g/mol. The Bertz CT molecular complexity index is 904. The Morgan fingerprint density at radius 2 is 2.00 bits per heavy atom. The van der Waals surface area contributed by atoms with Gasteiger partial charge in [-0.15, -0.1) is 0 Å². The molecule has 6 nitrogen and oxygen atoms in total. The summed E-state index contributed by atoms with van der Waals surface area (Å²) in [5, 5.41) is 17.8. The van der Waals surface area contributed by atoms with Crippen LogP contribution in [0.1, 0.15) is 11.1 Å². The van der Waals surface area contributed by atoms with Crippen LogP contribution in [0.25, 0.3) is 0 Å². The third-order valence-electron chi connectivity index (χ3n) is 2.90. The molecule has 2 rings (SSSR count). The molecule has 0 aromatic heterocycles. The van der Waals surface area contributed by atoms with Gasteiger partial charge < -0.3 is 5.11 Å². The molecule has 118 valence electrons. The van der Waals surface area contributed by atoms with Crippen LogP contribution >= 0.6 is 11.6 Å². The van der Waals surface area contributed by atoms with Gasteiger partial charge in [-0.1, -0.05) is 23.7 Å². The summed E-state index contributed by atoms with van der Waals surface area (Å²) in [7, 11) is -3.92. The molecule has 23 heavy (non-hydrogen) atoms. The van der Waals surface area contributed by atoms with Gasteiger partial charge in [0.25, 0.3) is 10.0 Å². The van der Waals surface area contributed by atoms with E-state index in [0.29, 0.717) is 5.56 Å². The number of anilines is 1. The van der Waals surface area contributed by atoms with Crippen molar-refractivity contribution >= 4 is 33.3 Å². The van der Waals surface area contributed by atoms with Crippen LogP contribution in [0.15, 0.2) is 47.4 Å². The summed E-state index contributed by atoms with van der Waals surface area (Å²) in [5.41, 5.74) is 0.748. The predicted molar refractivity (Wildman–Crippen MR) is 84.8 cm³/mol. The highest BCUT2D eigenvalue weighted by Crippen LogP contribution is 2.22. The lowest BCUT2D eigenvalue weighted by molar-refractivity contribution is -0.136. The van der Waals surface area contributed by atoms with Crippen LogP contribution in [0.5, 0.6) is 0 Å². The van der Waals surface area contributed by atoms with E-state index < -0.39 is 16.0 Å². The van der Waals surface area contributed by atoms with Gasteiger partial charge >= 0.3 is 5.97 Å². The standard InChI is InChI=1S/C15H11ClN2O4S/c16-14-5-4-13(8-11(14)9-17)23(21,22)18-12-3-1-2-10(6-12)7-15(19)20/h1-6,8,18H,7H2,(H,19,20). The molecular weight excluding hydrogens is 340 g/mol. The molecule has 0 radical (unpaired) electrons. The fourth-order valence-corrected chi connectivity index (χ4v) is 3.13. The van der Waals surface area contributed by atoms with Crippen molar-refractivity contribution < 1.29 is 18.3 Å². The lowest BCUT2D eigenvalue weighted by Crippen LogP contribution is -2.13. The molecular formula is C15H11ClN2O4S. The molecule has 2 N–H and O–H groups in total. The lowest BCUT2D eigenvalue weighted by Gasteiger charge is -2.09. The molecule has 0 atom stereocenters. The van der Waals surface area contributed by atoms with Gasteiger partial charge in [0, 0.05) is 5.69 Å². The number of hydrogen-bond donors (Lipinski definition) is 2. The van der Waals surface area contributed by atoms with Crippen LogP contribution in [0.4, 0.5) is 5.69 Å². The van der Waals surface area contributed by atoms with Crippen molar-refractivity contribution in [1.29, 1.82) is 5.26 Å². The Hall–Kier alpha value is -2.56. The molecule has 0 saturated heterocycles. The van der Waals surface area contributed by atoms with Crippen molar-refractivity contribution in [2.24, 2.45) is 0 Å². The van der Waals surface area contributed by atoms with E-state index in [4.69, 9.17) is 22.0 Å². The fraction of sp³-hybridized carbons (Fsp3) is 0.0667. The second-order valence-electron chi connectivity index (χ2n) is 4.63. The molecule has 2 aromatic carbocycles. The van der Waals surface area contributed by atoms with E-state index in [0.717, 1.165) is 0 Å². The number of nitrogens with one attached hydrogen (secondary N) is 1. The van der Waals surface area contributed by atoms with Crippen LogP contribution in [0.2, 0.25) is 5.02 Å². The first kappa shape index (κ1) is 16.8. The smallest absolute Gasteiger partial charge is 0.307 e. The third kappa shape index (κ3) is 4.22. The van der Waals surface area contributed by atoms with Crippen molar-refractivity contribution in [3.8, 4) is 6.07 Å². The highest BCUT2D eigenvalue weighted by molar-refractivity contribution is 7.92. The van der Waals surface area contributed by atoms with E-state index in [1.165, 1.54) is 30.3 Å². The van der Waals surface area contributed by atoms with Crippen LogP contribution in [0.3, 0.4) is 0 Å². The number of halogens is 1. The molecule has 0 saturated carbocycles. The number of benzene rings is 2. The molecule has 0 bridgehead atoms. The first-order chi connectivity index (χ1) is 10.8. The zero-order valence-electron chi connectivity index (χ0n) is 11.7. The average molecular weight is 351 g/mol.